The van der Waals surface area contributed by atoms with Gasteiger partial charge in [0.2, 0.25) is 6.79 Å². The van der Waals surface area contributed by atoms with Crippen LogP contribution in [0.2, 0.25) is 0 Å². The van der Waals surface area contributed by atoms with Gasteiger partial charge in [0, 0.05) is 12.0 Å². The molecule has 0 amide bonds. The summed E-state index contributed by atoms with van der Waals surface area (Å²) in [4.78, 5) is 14.8. The highest BCUT2D eigenvalue weighted by Crippen LogP contribution is 2.50. The van der Waals surface area contributed by atoms with E-state index in [1.807, 2.05) is 6.07 Å². The summed E-state index contributed by atoms with van der Waals surface area (Å²) in [6.45, 7) is 1.19. The number of esters is 1. The van der Waals surface area contributed by atoms with Crippen molar-refractivity contribution in [2.75, 3.05) is 20.4 Å². The van der Waals surface area contributed by atoms with Crippen LogP contribution >= 0.6 is 0 Å². The molecule has 0 aromatic heterocycles. The molecule has 5 atom stereocenters. The van der Waals surface area contributed by atoms with Gasteiger partial charge in [0.15, 0.2) is 11.5 Å². The highest BCUT2D eigenvalue weighted by atomic mass is 16.7. The minimum atomic E-state index is -0.602. The molecule has 1 aromatic carbocycles. The molecule has 122 valence electrons. The maximum Gasteiger partial charge on any atom is 0.338 e. The molecule has 1 saturated carbocycles. The third-order valence-corrected chi connectivity index (χ3v) is 5.86. The van der Waals surface area contributed by atoms with Crippen molar-refractivity contribution in [2.45, 2.75) is 37.0 Å². The lowest BCUT2D eigenvalue weighted by Gasteiger charge is -2.47. The van der Waals surface area contributed by atoms with Crippen LogP contribution in [0, 0.1) is 5.92 Å². The minimum absolute atomic E-state index is 0.0153. The molecule has 6 heteroatoms. The quantitative estimate of drug-likeness (QED) is 0.723. The van der Waals surface area contributed by atoms with Crippen LogP contribution in [0.3, 0.4) is 0 Å². The number of nitrogens with zero attached hydrogens (tertiary/aromatic N) is 1. The summed E-state index contributed by atoms with van der Waals surface area (Å²) in [5.41, 5.74) is 1.47. The highest BCUT2D eigenvalue weighted by molar-refractivity contribution is 5.94. The fourth-order valence-corrected chi connectivity index (χ4v) is 4.86. The lowest BCUT2D eigenvalue weighted by atomic mass is 9.69. The summed E-state index contributed by atoms with van der Waals surface area (Å²) in [5, 5.41) is 10.5. The molecule has 3 heterocycles. The number of carbonyl (C=O) groups excluding carboxylic acids is 1. The first kappa shape index (κ1) is 13.6. The van der Waals surface area contributed by atoms with Crippen LogP contribution in [0.5, 0.6) is 11.5 Å². The van der Waals surface area contributed by atoms with Gasteiger partial charge in [-0.25, -0.2) is 4.79 Å². The Balaban J connectivity index is 1.68. The maximum absolute atomic E-state index is 12.4. The fraction of sp³-hybridized carbons (Fsp3) is 0.588. The molecule has 0 radical (unpaired) electrons. The zero-order valence-corrected chi connectivity index (χ0v) is 12.9. The van der Waals surface area contributed by atoms with Crippen LogP contribution in [0.25, 0.3) is 0 Å². The van der Waals surface area contributed by atoms with E-state index in [0.29, 0.717) is 29.4 Å². The number of ether oxygens (including phenoxy) is 3. The molecule has 3 aliphatic heterocycles. The van der Waals surface area contributed by atoms with E-state index in [0.717, 1.165) is 18.5 Å². The molecule has 0 bridgehead atoms. The summed E-state index contributed by atoms with van der Waals surface area (Å²) >= 11 is 0. The number of likely N-dealkylation sites (N-methyl/N-ethyl adjacent to an activating group) is 1. The van der Waals surface area contributed by atoms with Gasteiger partial charge in [0.1, 0.15) is 6.10 Å². The SMILES string of the molecule is CN1CC[C@H]2C[C@H](O)[C@H]3OC(=O)c4cc5c(cc4[C@H]3[C@@H]21)OCO5. The standard InChI is InChI=1S/C17H19NO5/c1-18-3-2-8-4-11(19)16-14(15(8)18)9-5-12-13(22-7-21-12)6-10(9)17(20)23-16/h5-6,8,11,14-16,19H,2-4,7H2,1H3/t8-,11-,14-,15+,16+/m0/s1. The summed E-state index contributed by atoms with van der Waals surface area (Å²) in [6.07, 6.45) is 0.700. The van der Waals surface area contributed by atoms with Crippen molar-refractivity contribution in [1.82, 2.24) is 4.90 Å². The molecular formula is C17H19NO5. The summed E-state index contributed by atoms with van der Waals surface area (Å²) in [6, 6.07) is 3.92. The third kappa shape index (κ3) is 1.79. The molecular weight excluding hydrogens is 298 g/mol. The average Bonchev–Trinajstić information content (AvgIpc) is 3.13. The second-order valence-corrected chi connectivity index (χ2v) is 7.01. The van der Waals surface area contributed by atoms with Gasteiger partial charge in [-0.1, -0.05) is 0 Å². The molecule has 6 nitrogen and oxygen atoms in total. The third-order valence-electron chi connectivity index (χ3n) is 5.86. The van der Waals surface area contributed by atoms with Crippen molar-refractivity contribution in [3.63, 3.8) is 0 Å². The topological polar surface area (TPSA) is 68.2 Å². The highest BCUT2D eigenvalue weighted by Gasteiger charge is 2.53. The van der Waals surface area contributed by atoms with Crippen LogP contribution in [-0.4, -0.2) is 54.6 Å². The Morgan fingerprint density at radius 2 is 2.04 bits per heavy atom. The van der Waals surface area contributed by atoms with Crippen LogP contribution in [-0.2, 0) is 4.74 Å². The normalized spacial score (nSPS) is 37.8. The Morgan fingerprint density at radius 3 is 2.87 bits per heavy atom. The molecule has 1 aliphatic carbocycles. The number of carbonyl (C=O) groups is 1. The van der Waals surface area contributed by atoms with E-state index >= 15 is 0 Å². The van der Waals surface area contributed by atoms with Gasteiger partial charge in [-0.15, -0.1) is 0 Å². The van der Waals surface area contributed by atoms with Gasteiger partial charge in [-0.2, -0.15) is 0 Å². The van der Waals surface area contributed by atoms with E-state index in [4.69, 9.17) is 14.2 Å². The van der Waals surface area contributed by atoms with Crippen molar-refractivity contribution in [1.29, 1.82) is 0 Å². The van der Waals surface area contributed by atoms with E-state index < -0.39 is 12.2 Å². The number of aliphatic hydroxyl groups is 1. The molecule has 1 N–H and O–H groups in total. The lowest BCUT2D eigenvalue weighted by Crippen LogP contribution is -2.54. The Kier molecular flexibility index (Phi) is 2.73. The van der Waals surface area contributed by atoms with Crippen LogP contribution in [0.4, 0.5) is 0 Å². The minimum Gasteiger partial charge on any atom is -0.455 e. The smallest absolute Gasteiger partial charge is 0.338 e. The largest absolute Gasteiger partial charge is 0.455 e. The first-order valence-corrected chi connectivity index (χ1v) is 8.16. The van der Waals surface area contributed by atoms with Crippen LogP contribution in [0.15, 0.2) is 12.1 Å². The zero-order chi connectivity index (χ0) is 15.7. The van der Waals surface area contributed by atoms with Gasteiger partial charge >= 0.3 is 5.97 Å². The van der Waals surface area contributed by atoms with Crippen molar-refractivity contribution >= 4 is 5.97 Å². The zero-order valence-electron chi connectivity index (χ0n) is 12.9. The number of aliphatic hydroxyl groups excluding tert-OH is 1. The molecule has 0 spiro atoms. The van der Waals surface area contributed by atoms with E-state index in [1.54, 1.807) is 6.07 Å². The number of hydrogen-bond acceptors (Lipinski definition) is 6. The first-order chi connectivity index (χ1) is 11.1. The molecule has 1 saturated heterocycles. The summed E-state index contributed by atoms with van der Waals surface area (Å²) in [5.74, 6) is 1.31. The average molecular weight is 317 g/mol. The van der Waals surface area contributed by atoms with Gasteiger partial charge in [0.05, 0.1) is 11.7 Å². The predicted molar refractivity (Wildman–Crippen MR) is 79.7 cm³/mol. The van der Waals surface area contributed by atoms with Gasteiger partial charge in [-0.3, -0.25) is 0 Å². The van der Waals surface area contributed by atoms with Crippen LogP contribution in [0.1, 0.15) is 34.7 Å². The van der Waals surface area contributed by atoms with E-state index in [1.165, 1.54) is 0 Å². The molecule has 5 rings (SSSR count). The summed E-state index contributed by atoms with van der Waals surface area (Å²) in [7, 11) is 2.11. The second-order valence-electron chi connectivity index (χ2n) is 7.01. The molecule has 0 unspecified atom stereocenters. The van der Waals surface area contributed by atoms with Gasteiger partial charge < -0.3 is 24.2 Å². The Labute approximate surface area is 133 Å². The fourth-order valence-electron chi connectivity index (χ4n) is 4.86. The monoisotopic (exact) mass is 317 g/mol. The van der Waals surface area contributed by atoms with Crippen molar-refractivity contribution in [3.05, 3.63) is 23.3 Å². The number of likely N-dealkylation sites (tertiary alicyclic amines) is 1. The molecule has 2 fully saturated rings. The number of rotatable bonds is 0. The Morgan fingerprint density at radius 1 is 1.26 bits per heavy atom. The summed E-state index contributed by atoms with van der Waals surface area (Å²) < 4.78 is 16.5. The van der Waals surface area contributed by atoms with E-state index in [-0.39, 0.29) is 24.7 Å². The van der Waals surface area contributed by atoms with Gasteiger partial charge in [0.25, 0.3) is 0 Å². The predicted octanol–water partition coefficient (Wildman–Crippen LogP) is 1.12. The van der Waals surface area contributed by atoms with E-state index in [2.05, 4.69) is 11.9 Å². The Hall–Kier alpha value is -1.79. The lowest BCUT2D eigenvalue weighted by molar-refractivity contribution is -0.0778. The molecule has 1 aromatic rings. The number of benzene rings is 1. The van der Waals surface area contributed by atoms with Gasteiger partial charge in [-0.05, 0) is 50.0 Å². The van der Waals surface area contributed by atoms with E-state index in [9.17, 15) is 9.90 Å². The van der Waals surface area contributed by atoms with Crippen molar-refractivity contribution < 1.29 is 24.1 Å². The first-order valence-electron chi connectivity index (χ1n) is 8.16. The molecule has 4 aliphatic rings. The Bertz CT molecular complexity index is 690. The van der Waals surface area contributed by atoms with Crippen LogP contribution < -0.4 is 9.47 Å². The second kappa shape index (κ2) is 4.61. The molecule has 23 heavy (non-hydrogen) atoms. The maximum atomic E-state index is 12.4. The van der Waals surface area contributed by atoms with Crippen molar-refractivity contribution in [2.24, 2.45) is 5.92 Å². The number of fused-ring (bicyclic) bond motifs is 6. The van der Waals surface area contributed by atoms with Crippen molar-refractivity contribution in [3.8, 4) is 11.5 Å². The number of hydrogen-bond donors (Lipinski definition) is 1.